The zero-order valence-electron chi connectivity index (χ0n) is 11.9. The molecule has 18 heavy (non-hydrogen) atoms. The van der Waals surface area contributed by atoms with Crippen molar-refractivity contribution in [3.63, 3.8) is 0 Å². The van der Waals surface area contributed by atoms with Crippen LogP contribution in [0.15, 0.2) is 0 Å². The van der Waals surface area contributed by atoms with E-state index in [0.29, 0.717) is 12.3 Å². The Balaban J connectivity index is 4.32. The van der Waals surface area contributed by atoms with Gasteiger partial charge in [0.2, 0.25) is 0 Å². The molecule has 0 aromatic rings. The number of methoxy groups -OCH3 is 1. The van der Waals surface area contributed by atoms with E-state index in [-0.39, 0.29) is 23.5 Å². The predicted molar refractivity (Wildman–Crippen MR) is 72.2 cm³/mol. The van der Waals surface area contributed by atoms with Crippen LogP contribution in [-0.4, -0.2) is 45.1 Å². The number of hydrogen-bond acceptors (Lipinski definition) is 5. The predicted octanol–water partition coefficient (Wildman–Crippen LogP) is 0.987. The van der Waals surface area contributed by atoms with Crippen molar-refractivity contribution in [2.24, 2.45) is 5.92 Å². The summed E-state index contributed by atoms with van der Waals surface area (Å²) >= 11 is 0. The van der Waals surface area contributed by atoms with Crippen LogP contribution in [0.25, 0.3) is 0 Å². The normalized spacial score (nSPS) is 13.9. The lowest BCUT2D eigenvalue weighted by Gasteiger charge is -2.18. The Bertz CT molecular complexity index is 349. The van der Waals surface area contributed by atoms with E-state index in [4.69, 9.17) is 4.74 Å². The van der Waals surface area contributed by atoms with Crippen molar-refractivity contribution in [2.45, 2.75) is 45.4 Å². The maximum absolute atomic E-state index is 11.6. The lowest BCUT2D eigenvalue weighted by atomic mass is 10.0. The molecule has 0 aliphatic heterocycles. The van der Waals surface area contributed by atoms with Gasteiger partial charge in [0, 0.05) is 6.54 Å². The van der Waals surface area contributed by atoms with Crippen LogP contribution in [0.3, 0.4) is 0 Å². The fraction of sp³-hybridized carbons (Fsp3) is 0.917. The number of esters is 1. The fourth-order valence-corrected chi connectivity index (χ4v) is 2.36. The van der Waals surface area contributed by atoms with Gasteiger partial charge in [0.25, 0.3) is 0 Å². The summed E-state index contributed by atoms with van der Waals surface area (Å²) < 4.78 is 27.9. The second-order valence-corrected chi connectivity index (χ2v) is 7.75. The molecule has 1 unspecified atom stereocenters. The van der Waals surface area contributed by atoms with Gasteiger partial charge in [0.15, 0.2) is 9.84 Å². The molecule has 0 saturated heterocycles. The minimum atomic E-state index is -3.07. The molecule has 108 valence electrons. The quantitative estimate of drug-likeness (QED) is 0.671. The van der Waals surface area contributed by atoms with Gasteiger partial charge in [-0.3, -0.25) is 4.79 Å². The molecule has 0 spiro atoms. The van der Waals surface area contributed by atoms with Crippen molar-refractivity contribution in [3.8, 4) is 0 Å². The highest BCUT2D eigenvalue weighted by Gasteiger charge is 2.21. The second kappa shape index (κ2) is 7.74. The van der Waals surface area contributed by atoms with Gasteiger partial charge < -0.3 is 10.1 Å². The zero-order chi connectivity index (χ0) is 14.3. The van der Waals surface area contributed by atoms with Crippen molar-refractivity contribution in [1.82, 2.24) is 5.32 Å². The molecule has 1 atom stereocenters. The number of nitrogens with one attached hydrogen (secondary N) is 1. The van der Waals surface area contributed by atoms with Gasteiger partial charge in [-0.15, -0.1) is 0 Å². The van der Waals surface area contributed by atoms with E-state index in [0.717, 1.165) is 0 Å². The van der Waals surface area contributed by atoms with Crippen LogP contribution in [0.1, 0.15) is 34.1 Å². The molecule has 0 saturated carbocycles. The van der Waals surface area contributed by atoms with Gasteiger partial charge in [-0.2, -0.15) is 0 Å². The average Bonchev–Trinajstić information content (AvgIpc) is 2.25. The first-order valence-corrected chi connectivity index (χ1v) is 7.95. The topological polar surface area (TPSA) is 72.5 Å². The van der Waals surface area contributed by atoms with Crippen LogP contribution < -0.4 is 5.32 Å². The standard InChI is InChI=1S/C12H25NO4S/c1-9(2)8-11(12(14)17-5)13-6-7-18(15,16)10(3)4/h9-11,13H,6-8H2,1-5H3. The van der Waals surface area contributed by atoms with Crippen LogP contribution in [0, 0.1) is 5.92 Å². The van der Waals surface area contributed by atoms with Gasteiger partial charge in [-0.25, -0.2) is 8.42 Å². The summed E-state index contributed by atoms with van der Waals surface area (Å²) in [6, 6.07) is -0.433. The van der Waals surface area contributed by atoms with E-state index in [1.54, 1.807) is 13.8 Å². The Kier molecular flexibility index (Phi) is 7.47. The summed E-state index contributed by atoms with van der Waals surface area (Å²) in [4.78, 5) is 11.5. The molecule has 0 aliphatic carbocycles. The summed E-state index contributed by atoms with van der Waals surface area (Å²) in [6.45, 7) is 7.58. The molecular weight excluding hydrogens is 254 g/mol. The van der Waals surface area contributed by atoms with Gasteiger partial charge in [-0.1, -0.05) is 13.8 Å². The van der Waals surface area contributed by atoms with Crippen LogP contribution >= 0.6 is 0 Å². The number of sulfone groups is 1. The Morgan fingerprint density at radius 1 is 1.22 bits per heavy atom. The minimum Gasteiger partial charge on any atom is -0.468 e. The van der Waals surface area contributed by atoms with E-state index in [1.807, 2.05) is 13.8 Å². The summed E-state index contributed by atoms with van der Waals surface area (Å²) in [5, 5.41) is 2.57. The van der Waals surface area contributed by atoms with Crippen molar-refractivity contribution in [1.29, 1.82) is 0 Å². The smallest absolute Gasteiger partial charge is 0.322 e. The average molecular weight is 279 g/mol. The highest BCUT2D eigenvalue weighted by molar-refractivity contribution is 7.92. The molecule has 0 heterocycles. The maximum atomic E-state index is 11.6. The molecule has 0 amide bonds. The van der Waals surface area contributed by atoms with E-state index < -0.39 is 15.9 Å². The molecule has 0 aliphatic rings. The number of ether oxygens (including phenoxy) is 1. The molecule has 1 N–H and O–H groups in total. The van der Waals surface area contributed by atoms with Crippen molar-refractivity contribution >= 4 is 15.8 Å². The molecule has 0 aromatic heterocycles. The summed E-state index contributed by atoms with van der Waals surface area (Å²) in [6.07, 6.45) is 0.633. The van der Waals surface area contributed by atoms with Crippen molar-refractivity contribution in [3.05, 3.63) is 0 Å². The third-order valence-electron chi connectivity index (χ3n) is 2.69. The number of carbonyl (C=O) groups excluding carboxylic acids is 1. The minimum absolute atomic E-state index is 0.0380. The molecule has 5 nitrogen and oxygen atoms in total. The monoisotopic (exact) mass is 279 g/mol. The van der Waals surface area contributed by atoms with E-state index >= 15 is 0 Å². The fourth-order valence-electron chi connectivity index (χ4n) is 1.49. The molecule has 0 fully saturated rings. The zero-order valence-corrected chi connectivity index (χ0v) is 12.7. The maximum Gasteiger partial charge on any atom is 0.322 e. The van der Waals surface area contributed by atoms with Crippen molar-refractivity contribution < 1.29 is 17.9 Å². The highest BCUT2D eigenvalue weighted by atomic mass is 32.2. The molecule has 0 aromatic carbocycles. The first-order valence-electron chi connectivity index (χ1n) is 6.23. The summed E-state index contributed by atoms with van der Waals surface area (Å²) in [5.74, 6) is 0.0324. The Labute approximate surface area is 110 Å². The van der Waals surface area contributed by atoms with Gasteiger partial charge in [-0.05, 0) is 26.2 Å². The van der Waals surface area contributed by atoms with E-state index in [9.17, 15) is 13.2 Å². The number of rotatable bonds is 8. The van der Waals surface area contributed by atoms with Gasteiger partial charge in [0.1, 0.15) is 6.04 Å². The van der Waals surface area contributed by atoms with Crippen LogP contribution in [0.5, 0.6) is 0 Å². The largest absolute Gasteiger partial charge is 0.468 e. The SMILES string of the molecule is COC(=O)C(CC(C)C)NCCS(=O)(=O)C(C)C. The molecule has 0 rings (SSSR count). The highest BCUT2D eigenvalue weighted by Crippen LogP contribution is 2.06. The van der Waals surface area contributed by atoms with Crippen LogP contribution in [-0.2, 0) is 19.4 Å². The van der Waals surface area contributed by atoms with E-state index in [1.165, 1.54) is 7.11 Å². The third-order valence-corrected chi connectivity index (χ3v) is 4.90. The molecule has 0 radical (unpaired) electrons. The lowest BCUT2D eigenvalue weighted by molar-refractivity contribution is -0.143. The van der Waals surface area contributed by atoms with Crippen molar-refractivity contribution in [2.75, 3.05) is 19.4 Å². The Morgan fingerprint density at radius 3 is 2.17 bits per heavy atom. The number of hydrogen-bond donors (Lipinski definition) is 1. The third kappa shape index (κ3) is 6.35. The number of carbonyl (C=O) groups is 1. The van der Waals surface area contributed by atoms with Gasteiger partial charge in [0.05, 0.1) is 18.1 Å². The Morgan fingerprint density at radius 2 is 1.78 bits per heavy atom. The van der Waals surface area contributed by atoms with E-state index in [2.05, 4.69) is 5.32 Å². The van der Waals surface area contributed by atoms with Gasteiger partial charge >= 0.3 is 5.97 Å². The van der Waals surface area contributed by atoms with Crippen LogP contribution in [0.2, 0.25) is 0 Å². The Hall–Kier alpha value is -0.620. The molecular formula is C12H25NO4S. The first kappa shape index (κ1) is 17.4. The second-order valence-electron chi connectivity index (χ2n) is 5.08. The summed E-state index contributed by atoms with van der Waals surface area (Å²) in [5.41, 5.74) is 0. The molecule has 0 bridgehead atoms. The lowest BCUT2D eigenvalue weighted by Crippen LogP contribution is -2.41. The summed E-state index contributed by atoms with van der Waals surface area (Å²) in [7, 11) is -1.73. The first-order chi connectivity index (χ1) is 8.20. The molecule has 6 heteroatoms. The van der Waals surface area contributed by atoms with Crippen LogP contribution in [0.4, 0.5) is 0 Å².